The molecule has 0 aliphatic carbocycles. The van der Waals surface area contributed by atoms with E-state index in [1.165, 1.54) is 57.3 Å². The van der Waals surface area contributed by atoms with Crippen LogP contribution in [0.2, 0.25) is 0 Å². The largest absolute Gasteiger partial charge is 0.309 e. The SMILES string of the molecule is CN(C)CCCCC1CCCN(Cc2ccccc2)C1. The summed E-state index contributed by atoms with van der Waals surface area (Å²) in [5.41, 5.74) is 1.46. The molecule has 0 saturated carbocycles. The molecule has 0 bridgehead atoms. The minimum Gasteiger partial charge on any atom is -0.309 e. The number of piperidine rings is 1. The van der Waals surface area contributed by atoms with E-state index in [4.69, 9.17) is 0 Å². The molecule has 1 unspecified atom stereocenters. The first-order chi connectivity index (χ1) is 9.74. The van der Waals surface area contributed by atoms with Gasteiger partial charge in [0.1, 0.15) is 0 Å². The zero-order valence-electron chi connectivity index (χ0n) is 13.2. The summed E-state index contributed by atoms with van der Waals surface area (Å²) in [6, 6.07) is 10.9. The molecule has 2 heteroatoms. The summed E-state index contributed by atoms with van der Waals surface area (Å²) >= 11 is 0. The topological polar surface area (TPSA) is 6.48 Å². The average Bonchev–Trinajstić information content (AvgIpc) is 2.45. The van der Waals surface area contributed by atoms with Crippen molar-refractivity contribution in [1.29, 1.82) is 0 Å². The molecule has 1 aromatic carbocycles. The first kappa shape index (κ1) is 15.5. The maximum absolute atomic E-state index is 2.65. The Morgan fingerprint density at radius 1 is 1.15 bits per heavy atom. The average molecular weight is 274 g/mol. The van der Waals surface area contributed by atoms with Gasteiger partial charge in [-0.3, -0.25) is 4.90 Å². The molecule has 112 valence electrons. The summed E-state index contributed by atoms with van der Waals surface area (Å²) in [6.07, 6.45) is 6.97. The molecule has 2 nitrogen and oxygen atoms in total. The lowest BCUT2D eigenvalue weighted by molar-refractivity contribution is 0.159. The van der Waals surface area contributed by atoms with Crippen molar-refractivity contribution in [3.8, 4) is 0 Å². The van der Waals surface area contributed by atoms with Crippen LogP contribution in [0, 0.1) is 5.92 Å². The maximum Gasteiger partial charge on any atom is 0.0233 e. The van der Waals surface area contributed by atoms with E-state index in [2.05, 4.69) is 54.2 Å². The van der Waals surface area contributed by atoms with Crippen LogP contribution in [-0.4, -0.2) is 43.5 Å². The molecular weight excluding hydrogens is 244 g/mol. The highest BCUT2D eigenvalue weighted by Crippen LogP contribution is 2.23. The normalized spacial score (nSPS) is 20.4. The fraction of sp³-hybridized carbons (Fsp3) is 0.667. The van der Waals surface area contributed by atoms with Gasteiger partial charge in [-0.05, 0) is 64.3 Å². The third-order valence-corrected chi connectivity index (χ3v) is 4.32. The second-order valence-corrected chi connectivity index (χ2v) is 6.53. The van der Waals surface area contributed by atoms with E-state index in [0.29, 0.717) is 0 Å². The molecule has 0 radical (unpaired) electrons. The van der Waals surface area contributed by atoms with Crippen LogP contribution in [0.3, 0.4) is 0 Å². The van der Waals surface area contributed by atoms with Gasteiger partial charge in [-0.2, -0.15) is 0 Å². The minimum atomic E-state index is 0.926. The smallest absolute Gasteiger partial charge is 0.0233 e. The van der Waals surface area contributed by atoms with E-state index >= 15 is 0 Å². The van der Waals surface area contributed by atoms with Crippen molar-refractivity contribution < 1.29 is 0 Å². The Morgan fingerprint density at radius 2 is 1.95 bits per heavy atom. The number of nitrogens with zero attached hydrogens (tertiary/aromatic N) is 2. The van der Waals surface area contributed by atoms with E-state index in [-0.39, 0.29) is 0 Å². The van der Waals surface area contributed by atoms with Crippen molar-refractivity contribution in [3.05, 3.63) is 35.9 Å². The van der Waals surface area contributed by atoms with Gasteiger partial charge in [0.15, 0.2) is 0 Å². The Balaban J connectivity index is 1.69. The molecule has 0 amide bonds. The molecule has 1 heterocycles. The Hall–Kier alpha value is -0.860. The predicted molar refractivity (Wildman–Crippen MR) is 86.8 cm³/mol. The van der Waals surface area contributed by atoms with E-state index in [1.807, 2.05) is 0 Å². The fourth-order valence-corrected chi connectivity index (χ4v) is 3.23. The van der Waals surface area contributed by atoms with Crippen molar-refractivity contribution in [2.75, 3.05) is 33.7 Å². The van der Waals surface area contributed by atoms with Crippen LogP contribution < -0.4 is 0 Å². The number of rotatable bonds is 7. The third kappa shape index (κ3) is 5.64. The molecule has 2 rings (SSSR count). The van der Waals surface area contributed by atoms with E-state index in [9.17, 15) is 0 Å². The quantitative estimate of drug-likeness (QED) is 0.701. The Morgan fingerprint density at radius 3 is 2.70 bits per heavy atom. The number of hydrogen-bond acceptors (Lipinski definition) is 2. The van der Waals surface area contributed by atoms with Crippen molar-refractivity contribution in [2.24, 2.45) is 5.92 Å². The third-order valence-electron chi connectivity index (χ3n) is 4.32. The Labute approximate surface area is 124 Å². The number of hydrogen-bond donors (Lipinski definition) is 0. The summed E-state index contributed by atoms with van der Waals surface area (Å²) in [5, 5.41) is 0. The lowest BCUT2D eigenvalue weighted by Gasteiger charge is -2.33. The summed E-state index contributed by atoms with van der Waals surface area (Å²) in [6.45, 7) is 4.95. The van der Waals surface area contributed by atoms with E-state index in [1.54, 1.807) is 0 Å². The number of benzene rings is 1. The van der Waals surface area contributed by atoms with Gasteiger partial charge in [0.2, 0.25) is 0 Å². The molecule has 0 N–H and O–H groups in total. The monoisotopic (exact) mass is 274 g/mol. The Bertz CT molecular complexity index is 361. The second-order valence-electron chi connectivity index (χ2n) is 6.53. The van der Waals surface area contributed by atoms with Crippen LogP contribution in [0.4, 0.5) is 0 Å². The molecule has 0 spiro atoms. The van der Waals surface area contributed by atoms with Crippen LogP contribution in [0.5, 0.6) is 0 Å². The molecule has 1 aliphatic heterocycles. The number of likely N-dealkylation sites (tertiary alicyclic amines) is 1. The van der Waals surface area contributed by atoms with Crippen molar-refractivity contribution in [3.63, 3.8) is 0 Å². The van der Waals surface area contributed by atoms with Gasteiger partial charge in [0, 0.05) is 13.1 Å². The second kappa shape index (κ2) is 8.43. The van der Waals surface area contributed by atoms with Gasteiger partial charge in [0.05, 0.1) is 0 Å². The van der Waals surface area contributed by atoms with Crippen LogP contribution in [0.15, 0.2) is 30.3 Å². The van der Waals surface area contributed by atoms with Crippen molar-refractivity contribution >= 4 is 0 Å². The minimum absolute atomic E-state index is 0.926. The van der Waals surface area contributed by atoms with Crippen LogP contribution >= 0.6 is 0 Å². The molecule has 1 atom stereocenters. The van der Waals surface area contributed by atoms with Crippen molar-refractivity contribution in [2.45, 2.75) is 38.6 Å². The van der Waals surface area contributed by atoms with Gasteiger partial charge >= 0.3 is 0 Å². The van der Waals surface area contributed by atoms with Crippen LogP contribution in [0.25, 0.3) is 0 Å². The molecule has 20 heavy (non-hydrogen) atoms. The first-order valence-corrected chi connectivity index (χ1v) is 8.15. The van der Waals surface area contributed by atoms with Gasteiger partial charge in [-0.15, -0.1) is 0 Å². The van der Waals surface area contributed by atoms with E-state index in [0.717, 1.165) is 12.5 Å². The number of unbranched alkanes of at least 4 members (excludes halogenated alkanes) is 1. The van der Waals surface area contributed by atoms with Gasteiger partial charge in [-0.1, -0.05) is 36.8 Å². The van der Waals surface area contributed by atoms with Gasteiger partial charge in [0.25, 0.3) is 0 Å². The molecule has 1 aromatic rings. The molecular formula is C18H30N2. The summed E-state index contributed by atoms with van der Waals surface area (Å²) in [7, 11) is 4.34. The Kier molecular flexibility index (Phi) is 6.55. The van der Waals surface area contributed by atoms with Gasteiger partial charge < -0.3 is 4.90 Å². The standard InChI is InChI=1S/C18H30N2/c1-19(2)13-7-6-11-18-12-8-14-20(16-18)15-17-9-4-3-5-10-17/h3-5,9-10,18H,6-8,11-16H2,1-2H3. The van der Waals surface area contributed by atoms with Gasteiger partial charge in [-0.25, -0.2) is 0 Å². The van der Waals surface area contributed by atoms with Crippen LogP contribution in [0.1, 0.15) is 37.7 Å². The molecule has 1 saturated heterocycles. The summed E-state index contributed by atoms with van der Waals surface area (Å²) in [5.74, 6) is 0.926. The fourth-order valence-electron chi connectivity index (χ4n) is 3.23. The maximum atomic E-state index is 2.65. The highest BCUT2D eigenvalue weighted by Gasteiger charge is 2.19. The van der Waals surface area contributed by atoms with Crippen LogP contribution in [-0.2, 0) is 6.54 Å². The summed E-state index contributed by atoms with van der Waals surface area (Å²) < 4.78 is 0. The summed E-state index contributed by atoms with van der Waals surface area (Å²) in [4.78, 5) is 4.94. The highest BCUT2D eigenvalue weighted by atomic mass is 15.1. The predicted octanol–water partition coefficient (Wildman–Crippen LogP) is 3.63. The zero-order valence-corrected chi connectivity index (χ0v) is 13.2. The first-order valence-electron chi connectivity index (χ1n) is 8.15. The van der Waals surface area contributed by atoms with E-state index < -0.39 is 0 Å². The lowest BCUT2D eigenvalue weighted by atomic mass is 9.92. The molecule has 1 aliphatic rings. The van der Waals surface area contributed by atoms with Crippen molar-refractivity contribution in [1.82, 2.24) is 9.80 Å². The molecule has 0 aromatic heterocycles. The zero-order chi connectivity index (χ0) is 14.2. The molecule has 1 fully saturated rings. The highest BCUT2D eigenvalue weighted by molar-refractivity contribution is 5.14. The lowest BCUT2D eigenvalue weighted by Crippen LogP contribution is -2.34.